The van der Waals surface area contributed by atoms with Gasteiger partial charge in [0.1, 0.15) is 0 Å². The van der Waals surface area contributed by atoms with Crippen molar-refractivity contribution in [1.82, 2.24) is 0 Å². The molecule has 0 unspecified atom stereocenters. The summed E-state index contributed by atoms with van der Waals surface area (Å²) in [4.78, 5) is 2.59. The summed E-state index contributed by atoms with van der Waals surface area (Å²) in [6.45, 7) is 7.05. The van der Waals surface area contributed by atoms with E-state index in [1.54, 1.807) is 0 Å². The monoisotopic (exact) mass is 708 g/mol. The lowest BCUT2D eigenvalue weighted by Gasteiger charge is -2.46. The molecule has 2 aliphatic heterocycles. The number of aryl methyl sites for hydroxylation is 1. The average molecular weight is 709 g/mol. The van der Waals surface area contributed by atoms with Crippen molar-refractivity contribution in [3.8, 4) is 22.3 Å². The van der Waals surface area contributed by atoms with Gasteiger partial charge in [0.05, 0.1) is 16.1 Å². The van der Waals surface area contributed by atoms with Crippen LogP contribution in [0.25, 0.3) is 53.2 Å². The zero-order valence-corrected chi connectivity index (χ0v) is 31.4. The number of nitrogens with zero attached hydrogens (tertiary/aromatic N) is 1. The van der Waals surface area contributed by atoms with Gasteiger partial charge in [0.25, 0.3) is 0 Å². The molecule has 2 aliphatic rings. The molecule has 0 saturated heterocycles. The highest BCUT2D eigenvalue weighted by molar-refractivity contribution is 7.26. The maximum atomic E-state index is 4.02. The van der Waals surface area contributed by atoms with E-state index in [1.165, 1.54) is 97.9 Å². The van der Waals surface area contributed by atoms with Gasteiger partial charge in [-0.1, -0.05) is 141 Å². The molecule has 0 fully saturated rings. The van der Waals surface area contributed by atoms with E-state index in [0.29, 0.717) is 0 Å². The molecular formula is C50H37BN2S. The Bertz CT molecular complexity index is 2990. The van der Waals surface area contributed by atoms with Gasteiger partial charge in [0, 0.05) is 43.5 Å². The quantitative estimate of drug-likeness (QED) is 0.183. The van der Waals surface area contributed by atoms with Crippen LogP contribution < -0.4 is 21.1 Å². The Labute approximate surface area is 320 Å². The number of hydrogen-bond acceptors (Lipinski definition) is 3. The standard InChI is InChI=1S/C50H37BN2S/c1-30-25-38(47-45(26-30)53-44-29-33-16-8-7-15-32(33)27-40(44)50(2,3)39-19-12-20-41(51-47)48(39)53)35-24-23-34(31-13-5-4-6-14-31)28-43(35)52-42-21-11-18-37-36-17-9-10-22-46(36)54-49(37)42/h4-29,51-52H,1-3H3. The highest BCUT2D eigenvalue weighted by Crippen LogP contribution is 2.53. The molecule has 2 nitrogen and oxygen atoms in total. The van der Waals surface area contributed by atoms with E-state index in [-0.39, 0.29) is 5.41 Å². The Morgan fingerprint density at radius 2 is 1.33 bits per heavy atom. The largest absolute Gasteiger partial charge is 0.354 e. The Balaban J connectivity index is 1.15. The molecule has 0 amide bonds. The third kappa shape index (κ3) is 4.66. The molecule has 0 aliphatic carbocycles. The zero-order valence-electron chi connectivity index (χ0n) is 30.6. The predicted molar refractivity (Wildman–Crippen MR) is 235 cm³/mol. The number of rotatable bonds is 4. The summed E-state index contributed by atoms with van der Waals surface area (Å²) in [7, 11) is 0.870. The summed E-state index contributed by atoms with van der Waals surface area (Å²) in [6.07, 6.45) is 0. The van der Waals surface area contributed by atoms with Crippen LogP contribution in [0.3, 0.4) is 0 Å². The summed E-state index contributed by atoms with van der Waals surface area (Å²) in [5.74, 6) is 0. The molecule has 256 valence electrons. The van der Waals surface area contributed by atoms with Crippen molar-refractivity contribution in [2.75, 3.05) is 10.2 Å². The van der Waals surface area contributed by atoms with Crippen molar-refractivity contribution in [2.24, 2.45) is 0 Å². The molecule has 1 N–H and O–H groups in total. The van der Waals surface area contributed by atoms with Gasteiger partial charge in [0.15, 0.2) is 7.28 Å². The van der Waals surface area contributed by atoms with E-state index in [0.717, 1.165) is 18.7 Å². The molecule has 54 heavy (non-hydrogen) atoms. The maximum absolute atomic E-state index is 4.02. The summed E-state index contributed by atoms with van der Waals surface area (Å²) < 4.78 is 2.59. The van der Waals surface area contributed by atoms with E-state index < -0.39 is 0 Å². The van der Waals surface area contributed by atoms with E-state index >= 15 is 0 Å². The Hall–Kier alpha value is -6.10. The van der Waals surface area contributed by atoms with Gasteiger partial charge in [0.2, 0.25) is 0 Å². The lowest BCUT2D eigenvalue weighted by atomic mass is 9.55. The first-order valence-corrected chi connectivity index (χ1v) is 19.7. The van der Waals surface area contributed by atoms with Gasteiger partial charge in [-0.05, 0) is 92.9 Å². The van der Waals surface area contributed by atoms with Gasteiger partial charge in [-0.15, -0.1) is 11.3 Å². The fourth-order valence-electron chi connectivity index (χ4n) is 9.23. The molecule has 0 saturated carbocycles. The molecule has 0 bridgehead atoms. The Morgan fingerprint density at radius 3 is 2.20 bits per heavy atom. The van der Waals surface area contributed by atoms with Crippen LogP contribution in [-0.2, 0) is 5.41 Å². The molecule has 0 atom stereocenters. The van der Waals surface area contributed by atoms with Crippen molar-refractivity contribution in [2.45, 2.75) is 26.2 Å². The van der Waals surface area contributed by atoms with Crippen molar-refractivity contribution in [3.05, 3.63) is 174 Å². The van der Waals surface area contributed by atoms with Crippen LogP contribution in [0.15, 0.2) is 158 Å². The second-order valence-electron chi connectivity index (χ2n) is 15.5. The first kappa shape index (κ1) is 31.4. The SMILES string of the molecule is Cc1cc(-c2ccc(-c3ccccc3)cc2Nc2cccc3c2sc2ccccc23)c2c(c1)N1c3cc4ccccc4cc3C(C)(C)c3cccc(c31)B2. The van der Waals surface area contributed by atoms with E-state index in [1.807, 2.05) is 11.3 Å². The van der Waals surface area contributed by atoms with Gasteiger partial charge in [-0.25, -0.2) is 0 Å². The number of benzene rings is 8. The number of nitrogens with one attached hydrogen (secondary N) is 1. The molecule has 11 rings (SSSR count). The Kier molecular flexibility index (Phi) is 6.81. The minimum Gasteiger partial charge on any atom is -0.354 e. The number of para-hydroxylation sites is 1. The van der Waals surface area contributed by atoms with Crippen molar-refractivity contribution in [1.29, 1.82) is 0 Å². The van der Waals surface area contributed by atoms with Crippen LogP contribution in [0.2, 0.25) is 0 Å². The first-order chi connectivity index (χ1) is 26.4. The highest BCUT2D eigenvalue weighted by Gasteiger charge is 2.41. The average Bonchev–Trinajstić information content (AvgIpc) is 3.59. The van der Waals surface area contributed by atoms with Crippen LogP contribution in [0, 0.1) is 6.92 Å². The fraction of sp³-hybridized carbons (Fsp3) is 0.0800. The fourth-order valence-corrected chi connectivity index (χ4v) is 10.4. The summed E-state index contributed by atoms with van der Waals surface area (Å²) in [5.41, 5.74) is 17.7. The summed E-state index contributed by atoms with van der Waals surface area (Å²) in [6, 6.07) is 58.6. The van der Waals surface area contributed by atoms with Crippen LogP contribution in [0.1, 0.15) is 30.5 Å². The molecule has 1 aromatic heterocycles. The third-order valence-corrected chi connectivity index (χ3v) is 13.1. The molecule has 4 heteroatoms. The van der Waals surface area contributed by atoms with Crippen molar-refractivity contribution < 1.29 is 0 Å². The first-order valence-electron chi connectivity index (χ1n) is 18.9. The predicted octanol–water partition coefficient (Wildman–Crippen LogP) is 12.4. The molecule has 0 radical (unpaired) electrons. The van der Waals surface area contributed by atoms with Crippen LogP contribution in [-0.4, -0.2) is 7.28 Å². The van der Waals surface area contributed by atoms with Gasteiger partial charge in [-0.2, -0.15) is 0 Å². The highest BCUT2D eigenvalue weighted by atomic mass is 32.1. The lowest BCUT2D eigenvalue weighted by molar-refractivity contribution is 0.633. The summed E-state index contributed by atoms with van der Waals surface area (Å²) in [5, 5.41) is 9.18. The number of thiophene rings is 1. The smallest absolute Gasteiger partial charge is 0.198 e. The van der Waals surface area contributed by atoms with E-state index in [9.17, 15) is 0 Å². The van der Waals surface area contributed by atoms with Crippen LogP contribution in [0.5, 0.6) is 0 Å². The second kappa shape index (κ2) is 11.7. The molecular weight excluding hydrogens is 671 g/mol. The molecule has 9 aromatic rings. The van der Waals surface area contributed by atoms with Gasteiger partial charge < -0.3 is 10.2 Å². The normalized spacial score (nSPS) is 13.7. The van der Waals surface area contributed by atoms with Gasteiger partial charge >= 0.3 is 0 Å². The second-order valence-corrected chi connectivity index (χ2v) is 16.6. The third-order valence-electron chi connectivity index (χ3n) is 11.9. The topological polar surface area (TPSA) is 15.3 Å². The minimum atomic E-state index is -0.136. The number of anilines is 5. The van der Waals surface area contributed by atoms with Crippen LogP contribution in [0.4, 0.5) is 28.4 Å². The molecule has 0 spiro atoms. The number of fused-ring (bicyclic) bond motifs is 8. The lowest BCUT2D eigenvalue weighted by Crippen LogP contribution is -2.45. The Morgan fingerprint density at radius 1 is 0.574 bits per heavy atom. The van der Waals surface area contributed by atoms with Crippen molar-refractivity contribution >= 4 is 88.9 Å². The van der Waals surface area contributed by atoms with Crippen LogP contribution >= 0.6 is 11.3 Å². The molecule has 8 aromatic carbocycles. The van der Waals surface area contributed by atoms with Gasteiger partial charge in [-0.3, -0.25) is 0 Å². The van der Waals surface area contributed by atoms with Crippen molar-refractivity contribution in [3.63, 3.8) is 0 Å². The van der Waals surface area contributed by atoms with E-state index in [4.69, 9.17) is 0 Å². The number of hydrogen-bond donors (Lipinski definition) is 1. The minimum absolute atomic E-state index is 0.136. The zero-order chi connectivity index (χ0) is 36.1. The molecule has 3 heterocycles. The maximum Gasteiger partial charge on any atom is 0.198 e. The summed E-state index contributed by atoms with van der Waals surface area (Å²) >= 11 is 1.86. The van der Waals surface area contributed by atoms with E-state index in [2.05, 4.69) is 189 Å².